The second kappa shape index (κ2) is 19.0. The first-order valence-corrected chi connectivity index (χ1v) is 13.9. The van der Waals surface area contributed by atoms with Crippen molar-refractivity contribution in [1.82, 2.24) is 15.2 Å². The molecule has 3 heterocycles. The van der Waals surface area contributed by atoms with Crippen LogP contribution in [0.3, 0.4) is 0 Å². The van der Waals surface area contributed by atoms with Gasteiger partial charge in [-0.2, -0.15) is 11.8 Å². The minimum atomic E-state index is -1.23. The molecule has 4 atom stereocenters. The van der Waals surface area contributed by atoms with Gasteiger partial charge in [0.25, 0.3) is 12.4 Å². The van der Waals surface area contributed by atoms with Gasteiger partial charge in [0.1, 0.15) is 18.0 Å². The SMILES string of the molecule is CC=O.CCC1SCC2C(NC(=O)/C(=N\OCC(=O)O)c3csc(N)n3)C(=O)N2C1C.CCCC.O=CO. The highest BCUT2D eigenvalue weighted by Gasteiger charge is 2.53. The van der Waals surface area contributed by atoms with Gasteiger partial charge in [-0.15, -0.1) is 11.3 Å². The zero-order valence-corrected chi connectivity index (χ0v) is 23.8. The summed E-state index contributed by atoms with van der Waals surface area (Å²) in [7, 11) is 0. The number of rotatable bonds is 8. The van der Waals surface area contributed by atoms with E-state index in [0.29, 0.717) is 5.25 Å². The summed E-state index contributed by atoms with van der Waals surface area (Å²) in [5.74, 6) is -1.28. The summed E-state index contributed by atoms with van der Waals surface area (Å²) in [6, 6.07) is -0.623. The molecule has 1 aromatic rings. The number of thiazole rings is 1. The van der Waals surface area contributed by atoms with Gasteiger partial charge in [-0.1, -0.05) is 38.8 Å². The zero-order valence-electron chi connectivity index (χ0n) is 22.2. The van der Waals surface area contributed by atoms with Gasteiger partial charge in [-0.25, -0.2) is 9.78 Å². The van der Waals surface area contributed by atoms with Gasteiger partial charge in [0.15, 0.2) is 10.8 Å². The van der Waals surface area contributed by atoms with Gasteiger partial charge in [0, 0.05) is 22.4 Å². The Bertz CT molecular complexity index is 935. The Morgan fingerprint density at radius 3 is 2.34 bits per heavy atom. The van der Waals surface area contributed by atoms with Crippen molar-refractivity contribution in [3.63, 3.8) is 0 Å². The molecule has 4 unspecified atom stereocenters. The maximum absolute atomic E-state index is 12.7. The number of thioether (sulfide) groups is 1. The Morgan fingerprint density at radius 1 is 1.32 bits per heavy atom. The maximum atomic E-state index is 12.7. The Morgan fingerprint density at radius 2 is 1.89 bits per heavy atom. The number of carboxylic acid groups (broad SMARTS) is 2. The van der Waals surface area contributed by atoms with Gasteiger partial charge in [-0.05, 0) is 20.3 Å². The Hall–Kier alpha value is -3.20. The summed E-state index contributed by atoms with van der Waals surface area (Å²) < 4.78 is 0. The van der Waals surface area contributed by atoms with Gasteiger partial charge in [0.05, 0.1) is 6.04 Å². The van der Waals surface area contributed by atoms with E-state index < -0.39 is 24.5 Å². The van der Waals surface area contributed by atoms with Gasteiger partial charge < -0.3 is 35.8 Å². The fraction of sp³-hybridized carbons (Fsp3) is 0.609. The Balaban J connectivity index is 0.00000118. The van der Waals surface area contributed by atoms with Gasteiger partial charge in [-0.3, -0.25) is 14.4 Å². The zero-order chi connectivity index (χ0) is 29.3. The third kappa shape index (κ3) is 10.7. The van der Waals surface area contributed by atoms with E-state index in [9.17, 15) is 14.4 Å². The lowest BCUT2D eigenvalue weighted by molar-refractivity contribution is -0.155. The number of aliphatic carboxylic acids is 1. The molecule has 2 aliphatic rings. The number of nitrogens with zero attached hydrogens (tertiary/aromatic N) is 3. The van der Waals surface area contributed by atoms with Crippen molar-refractivity contribution in [2.24, 2.45) is 5.16 Å². The number of β-lactam (4-membered cyclic amide) rings is 1. The summed E-state index contributed by atoms with van der Waals surface area (Å²) in [5, 5.41) is 24.0. The van der Waals surface area contributed by atoms with Crippen molar-refractivity contribution < 1.29 is 39.0 Å². The van der Waals surface area contributed by atoms with Crippen LogP contribution >= 0.6 is 23.1 Å². The molecule has 3 rings (SSSR count). The number of nitrogen functional groups attached to an aromatic ring is 1. The minimum Gasteiger partial charge on any atom is -0.483 e. The van der Waals surface area contributed by atoms with E-state index in [1.165, 1.54) is 25.1 Å². The third-order valence-electron chi connectivity index (χ3n) is 5.23. The molecule has 5 N–H and O–H groups in total. The number of unbranched alkanes of at least 4 members (excludes halogenated alkanes) is 1. The van der Waals surface area contributed by atoms with Crippen LogP contribution < -0.4 is 11.1 Å². The van der Waals surface area contributed by atoms with Crippen molar-refractivity contribution in [2.45, 2.75) is 77.3 Å². The maximum Gasteiger partial charge on any atom is 0.344 e. The highest BCUT2D eigenvalue weighted by molar-refractivity contribution is 8.00. The molecule has 214 valence electrons. The number of nitrogens with two attached hydrogens (primary N) is 1. The normalized spacial score (nSPS) is 21.3. The summed E-state index contributed by atoms with van der Waals surface area (Å²) >= 11 is 2.91. The van der Waals surface area contributed by atoms with Crippen LogP contribution in [0.5, 0.6) is 0 Å². The molecule has 0 saturated carbocycles. The molecule has 2 aliphatic heterocycles. The molecule has 0 aliphatic carbocycles. The molecule has 0 spiro atoms. The Labute approximate surface area is 230 Å². The highest BCUT2D eigenvalue weighted by atomic mass is 32.2. The van der Waals surface area contributed by atoms with Crippen molar-refractivity contribution in [3.8, 4) is 0 Å². The number of carbonyl (C=O) groups is 5. The molecule has 1 aromatic heterocycles. The molecule has 2 fully saturated rings. The van der Waals surface area contributed by atoms with E-state index in [0.717, 1.165) is 29.8 Å². The molecular weight excluding hydrogens is 538 g/mol. The lowest BCUT2D eigenvalue weighted by atomic mass is 9.91. The van der Waals surface area contributed by atoms with Crippen LogP contribution in [0.2, 0.25) is 0 Å². The largest absolute Gasteiger partial charge is 0.483 e. The van der Waals surface area contributed by atoms with Crippen LogP contribution in [0, 0.1) is 0 Å². The minimum absolute atomic E-state index is 0.0825. The number of carbonyl (C=O) groups excluding carboxylic acids is 3. The number of nitrogens with one attached hydrogen (secondary N) is 1. The summed E-state index contributed by atoms with van der Waals surface area (Å²) in [4.78, 5) is 63.6. The fourth-order valence-electron chi connectivity index (χ4n) is 3.37. The average Bonchev–Trinajstić information content (AvgIpc) is 3.31. The highest BCUT2D eigenvalue weighted by Crippen LogP contribution is 2.38. The van der Waals surface area contributed by atoms with E-state index in [4.69, 9.17) is 30.4 Å². The lowest BCUT2D eigenvalue weighted by Gasteiger charge is -2.55. The first-order valence-electron chi connectivity index (χ1n) is 11.9. The number of oxime groups is 1. The van der Waals surface area contributed by atoms with Crippen LogP contribution in [0.4, 0.5) is 5.13 Å². The molecule has 15 heteroatoms. The fourth-order valence-corrected chi connectivity index (χ4v) is 5.36. The standard InChI is InChI=1S/C16H21N5O5S2.C4H10.C2H4O.CH2O2/c1-3-10-7(2)21-9(6-27-10)13(15(21)25)19-14(24)12(20-26-4-11(22)23)8-5-28-16(17)18-8;1-3-4-2;1-2-3;2-1-3/h5,7,9-10,13H,3-4,6H2,1-2H3,(H2,17,18)(H,19,24)(H,22,23);3-4H2,1-2H3;2H,1H3;1H,(H,2,3)/b20-12-;;;. The van der Waals surface area contributed by atoms with Crippen LogP contribution in [0.25, 0.3) is 0 Å². The topological polar surface area (TPSA) is 202 Å². The van der Waals surface area contributed by atoms with Crippen molar-refractivity contribution in [2.75, 3.05) is 18.1 Å². The van der Waals surface area contributed by atoms with Crippen LogP contribution in [-0.2, 0) is 28.8 Å². The predicted molar refractivity (Wildman–Crippen MR) is 146 cm³/mol. The number of anilines is 1. The van der Waals surface area contributed by atoms with E-state index in [-0.39, 0.29) is 41.0 Å². The lowest BCUT2D eigenvalue weighted by Crippen LogP contribution is -2.76. The average molecular weight is 576 g/mol. The van der Waals surface area contributed by atoms with Crippen LogP contribution in [0.15, 0.2) is 10.5 Å². The number of carboxylic acids is 1. The predicted octanol–water partition coefficient (Wildman–Crippen LogP) is 1.85. The molecule has 0 aromatic carbocycles. The molecule has 13 nitrogen and oxygen atoms in total. The summed E-state index contributed by atoms with van der Waals surface area (Å²) in [5.41, 5.74) is 5.54. The number of aromatic nitrogens is 1. The number of fused-ring (bicyclic) bond motifs is 1. The quantitative estimate of drug-likeness (QED) is 0.152. The van der Waals surface area contributed by atoms with Crippen molar-refractivity contribution in [3.05, 3.63) is 11.1 Å². The first kappa shape index (κ1) is 34.8. The molecule has 0 radical (unpaired) electrons. The molecule has 38 heavy (non-hydrogen) atoms. The summed E-state index contributed by atoms with van der Waals surface area (Å²) in [6.07, 6.45) is 4.36. The van der Waals surface area contributed by atoms with E-state index in [1.807, 2.05) is 11.8 Å². The molecule has 0 bridgehead atoms. The second-order valence-corrected chi connectivity index (χ2v) is 9.97. The third-order valence-corrected chi connectivity index (χ3v) is 7.60. The van der Waals surface area contributed by atoms with E-state index in [1.54, 1.807) is 11.8 Å². The van der Waals surface area contributed by atoms with Crippen molar-refractivity contribution in [1.29, 1.82) is 0 Å². The molecule has 2 amide bonds. The number of amides is 2. The smallest absolute Gasteiger partial charge is 0.344 e. The summed E-state index contributed by atoms with van der Waals surface area (Å²) in [6.45, 7) is 8.97. The van der Waals surface area contributed by atoms with Gasteiger partial charge in [0.2, 0.25) is 12.5 Å². The second-order valence-electron chi connectivity index (χ2n) is 7.80. The van der Waals surface area contributed by atoms with E-state index in [2.05, 4.69) is 36.2 Å². The molecular formula is C23H37N5O8S2. The Kier molecular flexibility index (Phi) is 17.4. The number of hydrogen-bond donors (Lipinski definition) is 4. The first-order chi connectivity index (χ1) is 18.1. The van der Waals surface area contributed by atoms with Crippen molar-refractivity contribution >= 4 is 64.5 Å². The van der Waals surface area contributed by atoms with E-state index >= 15 is 0 Å². The number of hydrogen-bond acceptors (Lipinski definition) is 11. The van der Waals surface area contributed by atoms with Crippen LogP contribution in [0.1, 0.15) is 59.6 Å². The monoisotopic (exact) mass is 575 g/mol. The number of aldehydes is 1. The van der Waals surface area contributed by atoms with Crippen LogP contribution in [-0.4, -0.2) is 92.1 Å². The van der Waals surface area contributed by atoms with Gasteiger partial charge >= 0.3 is 5.97 Å². The molecule has 2 saturated heterocycles.